The Morgan fingerprint density at radius 1 is 1.24 bits per heavy atom. The van der Waals surface area contributed by atoms with Gasteiger partial charge >= 0.3 is 5.97 Å². The number of hydrogen-bond acceptors (Lipinski definition) is 7. The first-order chi connectivity index (χ1) is 16.0. The van der Waals surface area contributed by atoms with Gasteiger partial charge in [-0.05, 0) is 61.2 Å². The van der Waals surface area contributed by atoms with Crippen LogP contribution in [0.4, 0.5) is 0 Å². The molecular formula is C24H38N4O4S. The fraction of sp³-hybridized carbons (Fsp3) is 0.625. The molecule has 0 radical (unpaired) electrons. The highest BCUT2D eigenvalue weighted by Gasteiger charge is 2.23. The van der Waals surface area contributed by atoms with Gasteiger partial charge in [-0.2, -0.15) is 11.8 Å². The predicted molar refractivity (Wildman–Crippen MR) is 132 cm³/mol. The molecule has 1 aromatic rings. The van der Waals surface area contributed by atoms with Crippen LogP contribution in [0.2, 0.25) is 0 Å². The molecule has 9 heteroatoms. The largest absolute Gasteiger partial charge is 0.467 e. The number of esters is 1. The lowest BCUT2D eigenvalue weighted by atomic mass is 10.1. The van der Waals surface area contributed by atoms with E-state index in [1.807, 2.05) is 11.2 Å². The Bertz CT molecular complexity index is 767. The van der Waals surface area contributed by atoms with E-state index in [1.165, 1.54) is 31.1 Å². The van der Waals surface area contributed by atoms with Gasteiger partial charge in [0.2, 0.25) is 11.8 Å². The maximum absolute atomic E-state index is 12.0. The molecule has 8 nitrogen and oxygen atoms in total. The molecular weight excluding hydrogens is 440 g/mol. The zero-order chi connectivity index (χ0) is 24.1. The second kappa shape index (κ2) is 14.9. The van der Waals surface area contributed by atoms with Crippen LogP contribution in [0, 0.1) is 0 Å². The zero-order valence-electron chi connectivity index (χ0n) is 19.8. The van der Waals surface area contributed by atoms with Gasteiger partial charge in [-0.1, -0.05) is 24.3 Å². The third kappa shape index (κ3) is 10.1. The Balaban J connectivity index is 0.000000357. The van der Waals surface area contributed by atoms with Gasteiger partial charge in [0.1, 0.15) is 6.04 Å². The monoisotopic (exact) mass is 478 g/mol. The molecule has 1 aliphatic heterocycles. The summed E-state index contributed by atoms with van der Waals surface area (Å²) in [5.74, 6) is 1.03. The molecule has 1 atom stereocenters. The van der Waals surface area contributed by atoms with Crippen molar-refractivity contribution in [2.75, 3.05) is 45.3 Å². The summed E-state index contributed by atoms with van der Waals surface area (Å²) in [6.07, 6.45) is 7.39. The van der Waals surface area contributed by atoms with Gasteiger partial charge in [0.15, 0.2) is 0 Å². The van der Waals surface area contributed by atoms with Gasteiger partial charge in [-0.25, -0.2) is 4.79 Å². The number of carbonyl (C=O) groups is 3. The first kappa shape index (κ1) is 27.1. The van der Waals surface area contributed by atoms with Gasteiger partial charge in [-0.15, -0.1) is 0 Å². The second-order valence-corrected chi connectivity index (χ2v) is 9.33. The average molecular weight is 479 g/mol. The molecule has 1 saturated heterocycles. The molecule has 1 unspecified atom stereocenters. The third-order valence-corrected chi connectivity index (χ3v) is 6.32. The zero-order valence-corrected chi connectivity index (χ0v) is 20.6. The van der Waals surface area contributed by atoms with Gasteiger partial charge in [0.05, 0.1) is 20.2 Å². The van der Waals surface area contributed by atoms with Crippen molar-refractivity contribution in [3.63, 3.8) is 0 Å². The number of amides is 2. The van der Waals surface area contributed by atoms with E-state index in [0.29, 0.717) is 13.0 Å². The first-order valence-electron chi connectivity index (χ1n) is 11.6. The van der Waals surface area contributed by atoms with Crippen LogP contribution in [-0.4, -0.2) is 74.0 Å². The molecule has 2 aliphatic rings. The summed E-state index contributed by atoms with van der Waals surface area (Å²) in [6.45, 7) is 2.81. The predicted octanol–water partition coefficient (Wildman–Crippen LogP) is 1.63. The van der Waals surface area contributed by atoms with Gasteiger partial charge in [0, 0.05) is 19.6 Å². The summed E-state index contributed by atoms with van der Waals surface area (Å²) in [7, 11) is 1.34. The molecule has 0 spiro atoms. The topological polar surface area (TPSA) is 114 Å². The summed E-state index contributed by atoms with van der Waals surface area (Å²) < 4.78 is 4.74. The Hall–Kier alpha value is -2.10. The van der Waals surface area contributed by atoms with Crippen molar-refractivity contribution in [3.8, 4) is 0 Å². The minimum Gasteiger partial charge on any atom is -0.467 e. The Kier molecular flexibility index (Phi) is 12.3. The van der Waals surface area contributed by atoms with Gasteiger partial charge in [0.25, 0.3) is 0 Å². The van der Waals surface area contributed by atoms with Crippen LogP contribution in [-0.2, 0) is 25.7 Å². The number of rotatable bonds is 11. The molecule has 184 valence electrons. The minimum absolute atomic E-state index is 0.0903. The van der Waals surface area contributed by atoms with Crippen molar-refractivity contribution in [1.82, 2.24) is 15.5 Å². The molecule has 4 N–H and O–H groups in total. The molecule has 33 heavy (non-hydrogen) atoms. The van der Waals surface area contributed by atoms with Crippen LogP contribution in [0.15, 0.2) is 24.3 Å². The Morgan fingerprint density at radius 2 is 1.97 bits per heavy atom. The molecule has 1 saturated carbocycles. The standard InChI is InChI=1S/C18H26N2O3S.C6H12N2O/c1-23-18(22)16(8-9-24-2)20-17(21)12-19-11-13-4-3-5-15(10-13)14-6-7-14;7-5-6(9)8-3-1-2-4-8/h3-5,10,14,16,19H,6-9,11-12H2,1-2H3,(H,20,21);1-5,7H2. The summed E-state index contributed by atoms with van der Waals surface area (Å²) in [6, 6.07) is 7.93. The van der Waals surface area contributed by atoms with Gasteiger partial charge in [-0.3, -0.25) is 9.59 Å². The van der Waals surface area contributed by atoms with Crippen LogP contribution in [0.5, 0.6) is 0 Å². The van der Waals surface area contributed by atoms with E-state index in [2.05, 4.69) is 34.9 Å². The fourth-order valence-corrected chi connectivity index (χ4v) is 4.13. The smallest absolute Gasteiger partial charge is 0.328 e. The number of nitrogens with one attached hydrogen (secondary N) is 2. The number of carbonyl (C=O) groups excluding carboxylic acids is 3. The average Bonchev–Trinajstić information content (AvgIpc) is 3.55. The van der Waals surface area contributed by atoms with Crippen LogP contribution in [0.1, 0.15) is 49.1 Å². The molecule has 0 aromatic heterocycles. The normalized spacial score (nSPS) is 15.9. The SMILES string of the molecule is COC(=O)C(CCSC)NC(=O)CNCc1cccc(C2CC2)c1.NCC(=O)N1CCCC1. The minimum atomic E-state index is -0.574. The lowest BCUT2D eigenvalue weighted by Crippen LogP contribution is -2.45. The molecule has 0 bridgehead atoms. The third-order valence-electron chi connectivity index (χ3n) is 5.68. The van der Waals surface area contributed by atoms with Crippen molar-refractivity contribution in [2.45, 2.75) is 50.6 Å². The maximum Gasteiger partial charge on any atom is 0.328 e. The first-order valence-corrected chi connectivity index (χ1v) is 13.0. The lowest BCUT2D eigenvalue weighted by Gasteiger charge is -2.16. The summed E-state index contributed by atoms with van der Waals surface area (Å²) in [5, 5.41) is 5.88. The molecule has 2 amide bonds. The number of methoxy groups -OCH3 is 1. The van der Waals surface area contributed by atoms with Gasteiger partial charge < -0.3 is 26.0 Å². The highest BCUT2D eigenvalue weighted by Crippen LogP contribution is 2.40. The Labute approximate surface area is 201 Å². The van der Waals surface area contributed by atoms with E-state index in [1.54, 1.807) is 11.8 Å². The number of nitrogens with zero attached hydrogens (tertiary/aromatic N) is 1. The second-order valence-electron chi connectivity index (χ2n) is 8.34. The van der Waals surface area contributed by atoms with Crippen LogP contribution >= 0.6 is 11.8 Å². The number of ether oxygens (including phenoxy) is 1. The number of hydrogen-bond donors (Lipinski definition) is 3. The molecule has 1 aliphatic carbocycles. The quantitative estimate of drug-likeness (QED) is 0.414. The summed E-state index contributed by atoms with van der Waals surface area (Å²) in [4.78, 5) is 36.3. The summed E-state index contributed by atoms with van der Waals surface area (Å²) in [5.41, 5.74) is 7.73. The van der Waals surface area contributed by atoms with Crippen molar-refractivity contribution in [3.05, 3.63) is 35.4 Å². The van der Waals surface area contributed by atoms with Crippen LogP contribution in [0.25, 0.3) is 0 Å². The lowest BCUT2D eigenvalue weighted by molar-refractivity contribution is -0.145. The van der Waals surface area contributed by atoms with Crippen LogP contribution < -0.4 is 16.4 Å². The number of likely N-dealkylation sites (tertiary alicyclic amines) is 1. The van der Waals surface area contributed by atoms with Crippen molar-refractivity contribution < 1.29 is 19.1 Å². The molecule has 1 aromatic carbocycles. The van der Waals surface area contributed by atoms with E-state index >= 15 is 0 Å². The number of nitrogens with two attached hydrogens (primary N) is 1. The number of benzene rings is 1. The van der Waals surface area contributed by atoms with E-state index in [9.17, 15) is 14.4 Å². The van der Waals surface area contributed by atoms with Crippen LogP contribution in [0.3, 0.4) is 0 Å². The Morgan fingerprint density at radius 3 is 2.58 bits per heavy atom. The maximum atomic E-state index is 12.0. The van der Waals surface area contributed by atoms with Crippen molar-refractivity contribution in [2.24, 2.45) is 5.73 Å². The number of thioether (sulfide) groups is 1. The van der Waals surface area contributed by atoms with E-state index < -0.39 is 12.0 Å². The molecule has 1 heterocycles. The summed E-state index contributed by atoms with van der Waals surface area (Å²) >= 11 is 1.63. The van der Waals surface area contributed by atoms with Crippen molar-refractivity contribution >= 4 is 29.5 Å². The van der Waals surface area contributed by atoms with Crippen molar-refractivity contribution in [1.29, 1.82) is 0 Å². The highest BCUT2D eigenvalue weighted by atomic mass is 32.2. The van der Waals surface area contributed by atoms with E-state index in [-0.39, 0.29) is 24.9 Å². The highest BCUT2D eigenvalue weighted by molar-refractivity contribution is 7.98. The van der Waals surface area contributed by atoms with E-state index in [0.717, 1.165) is 37.6 Å². The fourth-order valence-electron chi connectivity index (χ4n) is 3.66. The van der Waals surface area contributed by atoms with E-state index in [4.69, 9.17) is 10.5 Å². The molecule has 3 rings (SSSR count). The molecule has 2 fully saturated rings.